The number of nitrogens with zero attached hydrogens (tertiary/aromatic N) is 1. The minimum atomic E-state index is -1.24. The SMILES string of the molecule is CC(=Cc1csc(C)n1)[C@@H]1C[C@@H]2O[C@]2(C)CNC[C@H](C)[C@H](O)[C@@H](C)C(=O)C(C)(C)[C@@H](O)CC(=O)O1. The number of fused-ring (bicyclic) bond motifs is 1. The van der Waals surface area contributed by atoms with Gasteiger partial charge < -0.3 is 25.0 Å². The van der Waals surface area contributed by atoms with Crippen LogP contribution in [0.5, 0.6) is 0 Å². The summed E-state index contributed by atoms with van der Waals surface area (Å²) < 4.78 is 11.8. The first-order valence-electron chi connectivity index (χ1n) is 12.3. The molecule has 3 rings (SSSR count). The summed E-state index contributed by atoms with van der Waals surface area (Å²) in [4.78, 5) is 30.6. The van der Waals surface area contributed by atoms with Crippen molar-refractivity contribution in [1.82, 2.24) is 10.3 Å². The highest BCUT2D eigenvalue weighted by Crippen LogP contribution is 2.40. The zero-order valence-electron chi connectivity index (χ0n) is 21.8. The van der Waals surface area contributed by atoms with Crippen LogP contribution in [0.4, 0.5) is 0 Å². The molecule has 9 heteroatoms. The molecular weight excluding hydrogens is 468 g/mol. The van der Waals surface area contributed by atoms with Crippen LogP contribution in [0, 0.1) is 24.2 Å². The molecule has 1 aromatic heterocycles. The molecule has 0 amide bonds. The summed E-state index contributed by atoms with van der Waals surface area (Å²) in [6, 6.07) is 0. The van der Waals surface area contributed by atoms with Gasteiger partial charge in [-0.25, -0.2) is 4.98 Å². The number of aryl methyl sites for hydroxylation is 1. The van der Waals surface area contributed by atoms with Crippen molar-refractivity contribution in [2.75, 3.05) is 13.1 Å². The molecule has 0 saturated carbocycles. The van der Waals surface area contributed by atoms with E-state index < -0.39 is 41.2 Å². The number of cyclic esters (lactones) is 1. The van der Waals surface area contributed by atoms with Gasteiger partial charge in [-0.1, -0.05) is 27.7 Å². The second-order valence-electron chi connectivity index (χ2n) is 11.0. The molecule has 35 heavy (non-hydrogen) atoms. The van der Waals surface area contributed by atoms with Crippen molar-refractivity contribution in [3.63, 3.8) is 0 Å². The average molecular weight is 509 g/mol. The van der Waals surface area contributed by atoms with E-state index in [2.05, 4.69) is 10.3 Å². The van der Waals surface area contributed by atoms with Crippen molar-refractivity contribution >= 4 is 29.2 Å². The number of esters is 1. The van der Waals surface area contributed by atoms with Crippen LogP contribution in [0.25, 0.3) is 6.08 Å². The number of nitrogens with one attached hydrogen (secondary N) is 1. The summed E-state index contributed by atoms with van der Waals surface area (Å²) in [5, 5.41) is 27.9. The molecule has 3 N–H and O–H groups in total. The van der Waals surface area contributed by atoms with E-state index in [-0.39, 0.29) is 24.2 Å². The number of hydrogen-bond donors (Lipinski definition) is 3. The lowest BCUT2D eigenvalue weighted by atomic mass is 9.73. The van der Waals surface area contributed by atoms with Crippen molar-refractivity contribution in [2.24, 2.45) is 17.3 Å². The number of ketones is 1. The molecule has 0 spiro atoms. The predicted octanol–water partition coefficient (Wildman–Crippen LogP) is 2.90. The molecule has 0 aromatic carbocycles. The monoisotopic (exact) mass is 508 g/mol. The molecule has 0 radical (unpaired) electrons. The lowest BCUT2D eigenvalue weighted by Gasteiger charge is -2.34. The fraction of sp³-hybridized carbons (Fsp3) is 0.731. The number of Topliss-reactive ketones (excluding diaryl/α,β-unsaturated/α-hetero) is 1. The van der Waals surface area contributed by atoms with Gasteiger partial charge in [0.25, 0.3) is 0 Å². The Morgan fingerprint density at radius 1 is 1.26 bits per heavy atom. The first kappa shape index (κ1) is 27.9. The number of aliphatic hydroxyl groups excluding tert-OH is 2. The van der Waals surface area contributed by atoms with E-state index in [0.717, 1.165) is 16.3 Å². The molecule has 0 unspecified atom stereocenters. The number of epoxide rings is 1. The Morgan fingerprint density at radius 2 is 1.94 bits per heavy atom. The highest BCUT2D eigenvalue weighted by Gasteiger charge is 2.53. The molecule has 0 aliphatic carbocycles. The van der Waals surface area contributed by atoms with Gasteiger partial charge in [0.1, 0.15) is 17.5 Å². The molecule has 2 aliphatic rings. The second-order valence-corrected chi connectivity index (χ2v) is 12.1. The number of aliphatic hydroxyl groups is 2. The molecule has 2 aliphatic heterocycles. The van der Waals surface area contributed by atoms with Crippen LogP contribution in [0.15, 0.2) is 11.0 Å². The van der Waals surface area contributed by atoms with Gasteiger partial charge in [0.05, 0.1) is 40.8 Å². The van der Waals surface area contributed by atoms with Gasteiger partial charge in [-0.3, -0.25) is 9.59 Å². The Bertz CT molecular complexity index is 959. The van der Waals surface area contributed by atoms with Crippen molar-refractivity contribution in [3.05, 3.63) is 21.7 Å². The molecule has 3 heterocycles. The van der Waals surface area contributed by atoms with Crippen LogP contribution in [0.2, 0.25) is 0 Å². The van der Waals surface area contributed by atoms with Gasteiger partial charge in [-0.15, -0.1) is 11.3 Å². The number of ether oxygens (including phenoxy) is 2. The molecule has 2 saturated heterocycles. The van der Waals surface area contributed by atoms with Crippen LogP contribution in [-0.2, 0) is 19.1 Å². The Hall–Kier alpha value is -1.65. The summed E-state index contributed by atoms with van der Waals surface area (Å²) in [6.07, 6.45) is -0.710. The third-order valence-electron chi connectivity index (χ3n) is 7.54. The van der Waals surface area contributed by atoms with Gasteiger partial charge in [0.2, 0.25) is 0 Å². The van der Waals surface area contributed by atoms with Gasteiger partial charge in [0, 0.05) is 30.8 Å². The number of carbonyl (C=O) groups is 2. The maximum atomic E-state index is 13.2. The maximum absolute atomic E-state index is 13.2. The maximum Gasteiger partial charge on any atom is 0.309 e. The van der Waals surface area contributed by atoms with Crippen molar-refractivity contribution in [2.45, 2.75) is 91.3 Å². The summed E-state index contributed by atoms with van der Waals surface area (Å²) in [6.45, 7) is 13.7. The smallest absolute Gasteiger partial charge is 0.309 e. The Morgan fingerprint density at radius 3 is 2.57 bits per heavy atom. The Balaban J connectivity index is 1.85. The number of hydrogen-bond acceptors (Lipinski definition) is 9. The quantitative estimate of drug-likeness (QED) is 0.412. The minimum absolute atomic E-state index is 0.108. The zero-order valence-corrected chi connectivity index (χ0v) is 22.6. The minimum Gasteiger partial charge on any atom is -0.458 e. The van der Waals surface area contributed by atoms with Crippen LogP contribution in [0.1, 0.15) is 65.1 Å². The van der Waals surface area contributed by atoms with Crippen LogP contribution in [0.3, 0.4) is 0 Å². The first-order valence-corrected chi connectivity index (χ1v) is 13.2. The average Bonchev–Trinajstić information content (AvgIpc) is 3.22. The predicted molar refractivity (Wildman–Crippen MR) is 135 cm³/mol. The molecule has 8 nitrogen and oxygen atoms in total. The number of rotatable bonds is 2. The van der Waals surface area contributed by atoms with Gasteiger partial charge in [-0.05, 0) is 38.3 Å². The molecule has 1 aromatic rings. The van der Waals surface area contributed by atoms with Crippen molar-refractivity contribution in [1.29, 1.82) is 0 Å². The van der Waals surface area contributed by atoms with E-state index in [9.17, 15) is 19.8 Å². The number of carbonyl (C=O) groups excluding carboxylic acids is 2. The van der Waals surface area contributed by atoms with Gasteiger partial charge >= 0.3 is 5.97 Å². The lowest BCUT2D eigenvalue weighted by Crippen LogP contribution is -2.47. The number of aromatic nitrogens is 1. The normalized spacial score (nSPS) is 37.5. The second kappa shape index (κ2) is 10.8. The lowest BCUT2D eigenvalue weighted by molar-refractivity contribution is -0.154. The van der Waals surface area contributed by atoms with Crippen molar-refractivity contribution in [3.8, 4) is 0 Å². The molecule has 7 atom stereocenters. The van der Waals surface area contributed by atoms with E-state index >= 15 is 0 Å². The van der Waals surface area contributed by atoms with Crippen LogP contribution < -0.4 is 5.32 Å². The fourth-order valence-corrected chi connectivity index (χ4v) is 5.30. The highest BCUT2D eigenvalue weighted by atomic mass is 32.1. The molecule has 2 fully saturated rings. The highest BCUT2D eigenvalue weighted by molar-refractivity contribution is 7.09. The summed E-state index contributed by atoms with van der Waals surface area (Å²) >= 11 is 1.55. The van der Waals surface area contributed by atoms with E-state index in [1.807, 2.05) is 39.2 Å². The van der Waals surface area contributed by atoms with Crippen molar-refractivity contribution < 1.29 is 29.3 Å². The van der Waals surface area contributed by atoms with E-state index in [4.69, 9.17) is 9.47 Å². The van der Waals surface area contributed by atoms with Gasteiger partial charge in [-0.2, -0.15) is 0 Å². The third-order valence-corrected chi connectivity index (χ3v) is 8.33. The first-order chi connectivity index (χ1) is 16.2. The molecular formula is C26H40N2O6S. The van der Waals surface area contributed by atoms with E-state index in [0.29, 0.717) is 19.5 Å². The Kier molecular flexibility index (Phi) is 8.59. The summed E-state index contributed by atoms with van der Waals surface area (Å²) in [5.74, 6) is -1.74. The largest absolute Gasteiger partial charge is 0.458 e. The van der Waals surface area contributed by atoms with Crippen LogP contribution in [-0.4, -0.2) is 70.1 Å². The van der Waals surface area contributed by atoms with E-state index in [1.54, 1.807) is 32.1 Å². The third kappa shape index (κ3) is 6.57. The zero-order chi connectivity index (χ0) is 26.1. The molecule has 0 bridgehead atoms. The fourth-order valence-electron chi connectivity index (χ4n) is 4.73. The topological polar surface area (TPSA) is 121 Å². The number of thiazole rings is 1. The summed E-state index contributed by atoms with van der Waals surface area (Å²) in [5.41, 5.74) is 0.0149. The standard InChI is InChI=1S/C26H40N2O6S/c1-14(8-18-12-35-17(4)28-18)19-9-21-26(7,34-21)13-27-11-15(2)23(31)16(3)24(32)25(5,6)20(29)10-22(30)33-19/h8,12,15-16,19-21,23,27,29,31H,9-11,13H2,1-7H3/t15-,16+,19-,20-,21-,23-,26+/m0/s1. The summed E-state index contributed by atoms with van der Waals surface area (Å²) in [7, 11) is 0. The van der Waals surface area contributed by atoms with Crippen LogP contribution >= 0.6 is 11.3 Å². The van der Waals surface area contributed by atoms with E-state index in [1.165, 1.54) is 0 Å². The molecule has 196 valence electrons. The van der Waals surface area contributed by atoms with Gasteiger partial charge in [0.15, 0.2) is 0 Å². The Labute approximate surface area is 212 Å².